The van der Waals surface area contributed by atoms with Crippen LogP contribution in [0.4, 0.5) is 5.69 Å². The number of hydrogen-bond acceptors (Lipinski definition) is 2. The van der Waals surface area contributed by atoms with E-state index in [4.69, 9.17) is 0 Å². The molecule has 0 bridgehead atoms. The Bertz CT molecular complexity index is 354. The Balaban J connectivity index is 2.24. The summed E-state index contributed by atoms with van der Waals surface area (Å²) in [5.41, 5.74) is 5.70. The van der Waals surface area contributed by atoms with Crippen LogP contribution in [0.2, 0.25) is 0 Å². The molecule has 17 heavy (non-hydrogen) atoms. The van der Waals surface area contributed by atoms with E-state index in [1.165, 1.54) is 48.3 Å². The highest BCUT2D eigenvalue weighted by molar-refractivity contribution is 5.60. The molecule has 1 aliphatic heterocycles. The summed E-state index contributed by atoms with van der Waals surface area (Å²) in [6.45, 7) is 11.3. The lowest BCUT2D eigenvalue weighted by molar-refractivity contribution is 0.566. The Morgan fingerprint density at radius 1 is 0.941 bits per heavy atom. The molecule has 0 aromatic heterocycles. The van der Waals surface area contributed by atoms with E-state index in [0.717, 1.165) is 13.1 Å². The van der Waals surface area contributed by atoms with Crippen LogP contribution in [0.1, 0.15) is 29.5 Å². The zero-order chi connectivity index (χ0) is 12.3. The van der Waals surface area contributed by atoms with Crippen molar-refractivity contribution in [3.8, 4) is 0 Å². The van der Waals surface area contributed by atoms with Crippen molar-refractivity contribution in [3.05, 3.63) is 28.8 Å². The minimum Gasteiger partial charge on any atom is -0.371 e. The number of anilines is 1. The van der Waals surface area contributed by atoms with E-state index in [1.807, 2.05) is 0 Å². The van der Waals surface area contributed by atoms with E-state index >= 15 is 0 Å². The van der Waals surface area contributed by atoms with Crippen molar-refractivity contribution in [3.63, 3.8) is 0 Å². The summed E-state index contributed by atoms with van der Waals surface area (Å²) in [6.07, 6.45) is 2.49. The summed E-state index contributed by atoms with van der Waals surface area (Å²) in [4.78, 5) is 2.57. The van der Waals surface area contributed by atoms with Gasteiger partial charge in [-0.15, -0.1) is 0 Å². The minimum atomic E-state index is 1.15. The van der Waals surface area contributed by atoms with E-state index in [1.54, 1.807) is 0 Å². The molecule has 1 fully saturated rings. The third kappa shape index (κ3) is 3.01. The summed E-state index contributed by atoms with van der Waals surface area (Å²) < 4.78 is 0. The number of benzene rings is 1. The zero-order valence-corrected chi connectivity index (χ0v) is 11.3. The molecule has 1 aromatic carbocycles. The third-order valence-electron chi connectivity index (χ3n) is 3.51. The van der Waals surface area contributed by atoms with Crippen molar-refractivity contribution in [1.82, 2.24) is 5.32 Å². The van der Waals surface area contributed by atoms with Crippen LogP contribution in [0.3, 0.4) is 0 Å². The lowest BCUT2D eigenvalue weighted by Crippen LogP contribution is -2.34. The molecule has 2 nitrogen and oxygen atoms in total. The normalized spacial score (nSPS) is 17.7. The number of hydrogen-bond donors (Lipinski definition) is 1. The fourth-order valence-corrected chi connectivity index (χ4v) is 2.92. The summed E-state index contributed by atoms with van der Waals surface area (Å²) in [7, 11) is 0. The van der Waals surface area contributed by atoms with Gasteiger partial charge in [0.2, 0.25) is 0 Å². The molecule has 2 heteroatoms. The quantitative estimate of drug-likeness (QED) is 0.801. The Morgan fingerprint density at radius 2 is 1.47 bits per heavy atom. The lowest BCUT2D eigenvalue weighted by Gasteiger charge is -2.30. The van der Waals surface area contributed by atoms with Crippen molar-refractivity contribution in [2.45, 2.75) is 33.6 Å². The molecule has 2 rings (SSSR count). The average Bonchev–Trinajstić information content (AvgIpc) is 2.19. The Labute approximate surface area is 105 Å². The smallest absolute Gasteiger partial charge is 0.0425 e. The highest BCUT2D eigenvalue weighted by Crippen LogP contribution is 2.26. The Morgan fingerprint density at radius 3 is 2.00 bits per heavy atom. The molecule has 1 aromatic rings. The molecule has 1 heterocycles. The first-order valence-corrected chi connectivity index (χ1v) is 6.72. The van der Waals surface area contributed by atoms with Gasteiger partial charge in [-0.3, -0.25) is 0 Å². The van der Waals surface area contributed by atoms with Crippen LogP contribution in [-0.4, -0.2) is 26.2 Å². The standard InChI is InChI=1S/C15H24N2/c1-12-10-13(2)15(14(3)11-12)17-8-4-6-16-7-5-9-17/h10-11,16H,4-9H2,1-3H3. The summed E-state index contributed by atoms with van der Waals surface area (Å²) in [5, 5.41) is 3.47. The Hall–Kier alpha value is -1.02. The first-order valence-electron chi connectivity index (χ1n) is 6.72. The highest BCUT2D eigenvalue weighted by atomic mass is 15.1. The van der Waals surface area contributed by atoms with Crippen molar-refractivity contribution < 1.29 is 0 Å². The number of nitrogens with one attached hydrogen (secondary N) is 1. The van der Waals surface area contributed by atoms with Gasteiger partial charge in [-0.1, -0.05) is 17.7 Å². The van der Waals surface area contributed by atoms with E-state index in [-0.39, 0.29) is 0 Å². The number of aryl methyl sites for hydroxylation is 3. The molecule has 1 saturated heterocycles. The van der Waals surface area contributed by atoms with Crippen LogP contribution in [0.15, 0.2) is 12.1 Å². The van der Waals surface area contributed by atoms with Crippen molar-refractivity contribution in [2.24, 2.45) is 0 Å². The predicted molar refractivity (Wildman–Crippen MR) is 75.0 cm³/mol. The fraction of sp³-hybridized carbons (Fsp3) is 0.600. The topological polar surface area (TPSA) is 15.3 Å². The minimum absolute atomic E-state index is 1.15. The fourth-order valence-electron chi connectivity index (χ4n) is 2.92. The van der Waals surface area contributed by atoms with Gasteiger partial charge < -0.3 is 10.2 Å². The second-order valence-electron chi connectivity index (χ2n) is 5.19. The molecule has 0 radical (unpaired) electrons. The molecule has 0 spiro atoms. The monoisotopic (exact) mass is 232 g/mol. The average molecular weight is 232 g/mol. The van der Waals surface area contributed by atoms with E-state index in [0.29, 0.717) is 0 Å². The molecular weight excluding hydrogens is 208 g/mol. The Kier molecular flexibility index (Phi) is 4.06. The summed E-state index contributed by atoms with van der Waals surface area (Å²) in [6, 6.07) is 4.61. The van der Waals surface area contributed by atoms with Crippen LogP contribution in [0, 0.1) is 20.8 Å². The maximum Gasteiger partial charge on any atom is 0.0425 e. The van der Waals surface area contributed by atoms with Crippen LogP contribution in [0.5, 0.6) is 0 Å². The maximum atomic E-state index is 3.47. The van der Waals surface area contributed by atoms with Crippen molar-refractivity contribution >= 4 is 5.69 Å². The van der Waals surface area contributed by atoms with Crippen LogP contribution in [0.25, 0.3) is 0 Å². The molecule has 0 aliphatic carbocycles. The first-order chi connectivity index (χ1) is 8.18. The SMILES string of the molecule is Cc1cc(C)c(N2CCCNCCC2)c(C)c1. The van der Waals surface area contributed by atoms with Gasteiger partial charge in [0.1, 0.15) is 0 Å². The molecule has 0 saturated carbocycles. The van der Waals surface area contributed by atoms with E-state index < -0.39 is 0 Å². The number of rotatable bonds is 1. The second-order valence-corrected chi connectivity index (χ2v) is 5.19. The van der Waals surface area contributed by atoms with Crippen LogP contribution >= 0.6 is 0 Å². The van der Waals surface area contributed by atoms with Crippen molar-refractivity contribution in [1.29, 1.82) is 0 Å². The van der Waals surface area contributed by atoms with Crippen molar-refractivity contribution in [2.75, 3.05) is 31.1 Å². The predicted octanol–water partition coefficient (Wildman–Crippen LogP) is 2.80. The largest absolute Gasteiger partial charge is 0.371 e. The van der Waals surface area contributed by atoms with E-state index in [9.17, 15) is 0 Å². The molecule has 0 amide bonds. The molecule has 0 atom stereocenters. The van der Waals surface area contributed by atoms with Gasteiger partial charge in [-0.2, -0.15) is 0 Å². The highest BCUT2D eigenvalue weighted by Gasteiger charge is 2.13. The van der Waals surface area contributed by atoms with Gasteiger partial charge >= 0.3 is 0 Å². The summed E-state index contributed by atoms with van der Waals surface area (Å²) >= 11 is 0. The van der Waals surface area contributed by atoms with Gasteiger partial charge in [0.15, 0.2) is 0 Å². The molecule has 94 valence electrons. The van der Waals surface area contributed by atoms with E-state index in [2.05, 4.69) is 43.1 Å². The first kappa shape index (κ1) is 12.4. The van der Waals surface area contributed by atoms with Gasteiger partial charge in [-0.25, -0.2) is 0 Å². The third-order valence-corrected chi connectivity index (χ3v) is 3.51. The molecule has 0 unspecified atom stereocenters. The van der Waals surface area contributed by atoms with Crippen LogP contribution in [-0.2, 0) is 0 Å². The van der Waals surface area contributed by atoms with Gasteiger partial charge in [0.25, 0.3) is 0 Å². The molecular formula is C15H24N2. The molecule has 1 N–H and O–H groups in total. The van der Waals surface area contributed by atoms with Gasteiger partial charge in [-0.05, 0) is 57.8 Å². The van der Waals surface area contributed by atoms with Crippen LogP contribution < -0.4 is 10.2 Å². The molecule has 1 aliphatic rings. The van der Waals surface area contributed by atoms with Gasteiger partial charge in [0.05, 0.1) is 0 Å². The zero-order valence-electron chi connectivity index (χ0n) is 11.3. The van der Waals surface area contributed by atoms with Gasteiger partial charge in [0, 0.05) is 18.8 Å². The lowest BCUT2D eigenvalue weighted by atomic mass is 10.0. The number of nitrogens with zero attached hydrogens (tertiary/aromatic N) is 1. The second kappa shape index (κ2) is 5.54. The maximum absolute atomic E-state index is 3.47. The summed E-state index contributed by atoms with van der Waals surface area (Å²) in [5.74, 6) is 0.